The molecule has 2 rings (SSSR count). The second-order valence-electron chi connectivity index (χ2n) is 6.29. The van der Waals surface area contributed by atoms with Crippen molar-refractivity contribution in [3.8, 4) is 0 Å². The van der Waals surface area contributed by atoms with Gasteiger partial charge in [-0.3, -0.25) is 0 Å². The van der Waals surface area contributed by atoms with Crippen molar-refractivity contribution in [1.82, 2.24) is 15.0 Å². The van der Waals surface area contributed by atoms with E-state index < -0.39 is 0 Å². The lowest BCUT2D eigenvalue weighted by atomic mass is 10.1. The van der Waals surface area contributed by atoms with Gasteiger partial charge in [0.1, 0.15) is 0 Å². The maximum atomic E-state index is 4.64. The number of hydrogen-bond donors (Lipinski definition) is 1. The molecule has 1 aliphatic rings. The molecule has 1 N–H and O–H groups in total. The average Bonchev–Trinajstić information content (AvgIpc) is 3.23. The minimum atomic E-state index is 0.607. The van der Waals surface area contributed by atoms with Gasteiger partial charge >= 0.3 is 0 Å². The SMILES string of the molecule is CCNc1nc(N(C)C)nc(N(CCC(C)C)C2CC2)n1. The zero-order valence-corrected chi connectivity index (χ0v) is 13.9. The van der Waals surface area contributed by atoms with Gasteiger partial charge in [0.25, 0.3) is 0 Å². The second-order valence-corrected chi connectivity index (χ2v) is 6.29. The molecule has 0 atom stereocenters. The van der Waals surface area contributed by atoms with Crippen LogP contribution in [0.3, 0.4) is 0 Å². The van der Waals surface area contributed by atoms with E-state index in [2.05, 4.69) is 45.9 Å². The largest absolute Gasteiger partial charge is 0.354 e. The fourth-order valence-corrected chi connectivity index (χ4v) is 2.15. The van der Waals surface area contributed by atoms with Gasteiger partial charge in [-0.15, -0.1) is 0 Å². The fourth-order valence-electron chi connectivity index (χ4n) is 2.15. The highest BCUT2D eigenvalue weighted by Gasteiger charge is 2.31. The number of aromatic nitrogens is 3. The second kappa shape index (κ2) is 6.91. The standard InChI is InChI=1S/C15H28N6/c1-6-16-13-17-14(20(4)5)19-15(18-13)21(12-7-8-12)10-9-11(2)3/h11-12H,6-10H2,1-5H3,(H,16,17,18,19). The third-order valence-electron chi connectivity index (χ3n) is 3.54. The molecule has 1 aromatic heterocycles. The van der Waals surface area contributed by atoms with Crippen LogP contribution < -0.4 is 15.1 Å². The van der Waals surface area contributed by atoms with Crippen molar-refractivity contribution in [3.63, 3.8) is 0 Å². The first-order valence-electron chi connectivity index (χ1n) is 7.95. The summed E-state index contributed by atoms with van der Waals surface area (Å²) in [6.45, 7) is 8.40. The molecule has 1 saturated carbocycles. The summed E-state index contributed by atoms with van der Waals surface area (Å²) in [4.78, 5) is 18.0. The maximum Gasteiger partial charge on any atom is 0.232 e. The monoisotopic (exact) mass is 292 g/mol. The summed E-state index contributed by atoms with van der Waals surface area (Å²) in [7, 11) is 3.93. The van der Waals surface area contributed by atoms with Gasteiger partial charge in [0.05, 0.1) is 0 Å². The Morgan fingerprint density at radius 2 is 1.81 bits per heavy atom. The van der Waals surface area contributed by atoms with Crippen molar-refractivity contribution in [3.05, 3.63) is 0 Å². The lowest BCUT2D eigenvalue weighted by Gasteiger charge is -2.24. The molecule has 118 valence electrons. The molecule has 0 unspecified atom stereocenters. The molecule has 0 radical (unpaired) electrons. The Hall–Kier alpha value is -1.59. The lowest BCUT2D eigenvalue weighted by molar-refractivity contribution is 0.565. The van der Waals surface area contributed by atoms with E-state index in [0.29, 0.717) is 23.9 Å². The Morgan fingerprint density at radius 1 is 1.14 bits per heavy atom. The van der Waals surface area contributed by atoms with E-state index >= 15 is 0 Å². The fraction of sp³-hybridized carbons (Fsp3) is 0.800. The van der Waals surface area contributed by atoms with Crippen LogP contribution in [-0.4, -0.2) is 48.2 Å². The van der Waals surface area contributed by atoms with Gasteiger partial charge in [0, 0.05) is 33.2 Å². The van der Waals surface area contributed by atoms with Gasteiger partial charge in [0.15, 0.2) is 0 Å². The number of nitrogens with one attached hydrogen (secondary N) is 1. The number of rotatable bonds is 8. The highest BCUT2D eigenvalue weighted by Crippen LogP contribution is 2.31. The predicted octanol–water partition coefficient (Wildman–Crippen LogP) is 2.38. The molecule has 6 nitrogen and oxygen atoms in total. The van der Waals surface area contributed by atoms with E-state index in [0.717, 1.165) is 25.5 Å². The van der Waals surface area contributed by atoms with Gasteiger partial charge in [-0.05, 0) is 32.1 Å². The molecule has 0 aromatic carbocycles. The number of anilines is 3. The summed E-state index contributed by atoms with van der Waals surface area (Å²) in [5, 5.41) is 3.21. The van der Waals surface area contributed by atoms with E-state index in [1.165, 1.54) is 12.8 Å². The predicted molar refractivity (Wildman–Crippen MR) is 88.1 cm³/mol. The average molecular weight is 292 g/mol. The molecule has 1 aromatic rings. The van der Waals surface area contributed by atoms with Crippen molar-refractivity contribution in [2.45, 2.75) is 46.1 Å². The molecule has 0 aliphatic heterocycles. The van der Waals surface area contributed by atoms with Gasteiger partial charge in [-0.25, -0.2) is 0 Å². The zero-order valence-electron chi connectivity index (χ0n) is 13.9. The first kappa shape index (κ1) is 15.8. The molecule has 6 heteroatoms. The molecule has 0 saturated heterocycles. The van der Waals surface area contributed by atoms with Crippen molar-refractivity contribution >= 4 is 17.8 Å². The minimum Gasteiger partial charge on any atom is -0.354 e. The van der Waals surface area contributed by atoms with E-state index in [4.69, 9.17) is 0 Å². The van der Waals surface area contributed by atoms with Crippen molar-refractivity contribution in [2.75, 3.05) is 42.3 Å². The normalized spacial score (nSPS) is 14.4. The summed E-state index contributed by atoms with van der Waals surface area (Å²) in [6, 6.07) is 0.607. The van der Waals surface area contributed by atoms with E-state index in [1.807, 2.05) is 19.0 Å². The third kappa shape index (κ3) is 4.44. The quantitative estimate of drug-likeness (QED) is 0.794. The summed E-state index contributed by atoms with van der Waals surface area (Å²) in [6.07, 6.45) is 3.66. The summed E-state index contributed by atoms with van der Waals surface area (Å²) < 4.78 is 0. The molecule has 21 heavy (non-hydrogen) atoms. The van der Waals surface area contributed by atoms with Crippen LogP contribution in [-0.2, 0) is 0 Å². The van der Waals surface area contributed by atoms with Crippen LogP contribution in [0.4, 0.5) is 17.8 Å². The molecule has 0 spiro atoms. The molecule has 0 amide bonds. The Labute approximate surface area is 128 Å². The molecular weight excluding hydrogens is 264 g/mol. The molecule has 1 heterocycles. The van der Waals surface area contributed by atoms with Crippen LogP contribution in [0.25, 0.3) is 0 Å². The number of nitrogens with zero attached hydrogens (tertiary/aromatic N) is 5. The number of hydrogen-bond acceptors (Lipinski definition) is 6. The van der Waals surface area contributed by atoms with Crippen LogP contribution in [0.15, 0.2) is 0 Å². The lowest BCUT2D eigenvalue weighted by Crippen LogP contribution is -2.30. The van der Waals surface area contributed by atoms with E-state index in [9.17, 15) is 0 Å². The van der Waals surface area contributed by atoms with Crippen LogP contribution in [0, 0.1) is 5.92 Å². The van der Waals surface area contributed by atoms with Gasteiger partial charge in [-0.1, -0.05) is 13.8 Å². The molecule has 0 bridgehead atoms. The van der Waals surface area contributed by atoms with Gasteiger partial charge in [-0.2, -0.15) is 15.0 Å². The van der Waals surface area contributed by atoms with Crippen LogP contribution in [0.2, 0.25) is 0 Å². The minimum absolute atomic E-state index is 0.607. The van der Waals surface area contributed by atoms with Crippen LogP contribution >= 0.6 is 0 Å². The van der Waals surface area contributed by atoms with E-state index in [1.54, 1.807) is 0 Å². The zero-order chi connectivity index (χ0) is 15.4. The van der Waals surface area contributed by atoms with Crippen molar-refractivity contribution < 1.29 is 0 Å². The van der Waals surface area contributed by atoms with Crippen LogP contribution in [0.5, 0.6) is 0 Å². The Balaban J connectivity index is 2.25. The molecule has 1 fully saturated rings. The van der Waals surface area contributed by atoms with Crippen LogP contribution in [0.1, 0.15) is 40.0 Å². The molecular formula is C15H28N6. The molecule has 1 aliphatic carbocycles. The summed E-state index contributed by atoms with van der Waals surface area (Å²) >= 11 is 0. The smallest absolute Gasteiger partial charge is 0.232 e. The Morgan fingerprint density at radius 3 is 2.33 bits per heavy atom. The summed E-state index contributed by atoms with van der Waals surface area (Å²) in [5.41, 5.74) is 0. The summed E-state index contributed by atoms with van der Waals surface area (Å²) in [5.74, 6) is 2.88. The Bertz CT molecular complexity index is 455. The maximum absolute atomic E-state index is 4.64. The van der Waals surface area contributed by atoms with Gasteiger partial charge < -0.3 is 15.1 Å². The Kier molecular flexibility index (Phi) is 5.20. The van der Waals surface area contributed by atoms with Crippen molar-refractivity contribution in [1.29, 1.82) is 0 Å². The van der Waals surface area contributed by atoms with Gasteiger partial charge in [0.2, 0.25) is 17.8 Å². The van der Waals surface area contributed by atoms with Crippen molar-refractivity contribution in [2.24, 2.45) is 5.92 Å². The third-order valence-corrected chi connectivity index (χ3v) is 3.54. The highest BCUT2D eigenvalue weighted by molar-refractivity contribution is 5.45. The first-order valence-corrected chi connectivity index (χ1v) is 7.95. The van der Waals surface area contributed by atoms with E-state index in [-0.39, 0.29) is 0 Å². The topological polar surface area (TPSA) is 57.2 Å². The highest BCUT2D eigenvalue weighted by atomic mass is 15.4. The first-order chi connectivity index (χ1) is 10.0.